The molecule has 1 aliphatic rings. The fourth-order valence-electron chi connectivity index (χ4n) is 3.41. The van der Waals surface area contributed by atoms with E-state index in [1.165, 1.54) is 0 Å². The molecule has 0 spiro atoms. The van der Waals surface area contributed by atoms with Crippen LogP contribution >= 0.6 is 0 Å². The van der Waals surface area contributed by atoms with Gasteiger partial charge in [-0.25, -0.2) is 0 Å². The van der Waals surface area contributed by atoms with Gasteiger partial charge < -0.3 is 20.3 Å². The molecule has 0 saturated carbocycles. The van der Waals surface area contributed by atoms with Gasteiger partial charge in [-0.1, -0.05) is 30.3 Å². The van der Waals surface area contributed by atoms with Gasteiger partial charge >= 0.3 is 0 Å². The second-order valence-corrected chi connectivity index (χ2v) is 6.97. The van der Waals surface area contributed by atoms with E-state index < -0.39 is 0 Å². The standard InChI is InChI=1S/C22H27N3O3/c1-28-20-10-6-5-9-19(20)24-22(27)17-11-14-25(15-12-17)16-13-21(26)23-18-7-3-2-4-8-18/h2-10,17H,11-16H2,1H3,(H,23,26)(H,24,27). The fraction of sp³-hybridized carbons (Fsp3) is 0.364. The molecule has 1 aliphatic heterocycles. The molecule has 0 unspecified atom stereocenters. The number of piperidine rings is 1. The van der Waals surface area contributed by atoms with E-state index in [2.05, 4.69) is 15.5 Å². The molecule has 0 aliphatic carbocycles. The van der Waals surface area contributed by atoms with Crippen LogP contribution in [0.2, 0.25) is 0 Å². The molecule has 0 aromatic heterocycles. The second kappa shape index (κ2) is 9.90. The van der Waals surface area contributed by atoms with Crippen molar-refractivity contribution in [2.75, 3.05) is 37.4 Å². The molecular formula is C22H27N3O3. The van der Waals surface area contributed by atoms with E-state index >= 15 is 0 Å². The number of methoxy groups -OCH3 is 1. The summed E-state index contributed by atoms with van der Waals surface area (Å²) in [6.45, 7) is 2.35. The number of ether oxygens (including phenoxy) is 1. The molecule has 0 atom stereocenters. The molecule has 6 nitrogen and oxygen atoms in total. The molecule has 2 aromatic carbocycles. The van der Waals surface area contributed by atoms with Gasteiger partial charge in [0, 0.05) is 24.6 Å². The molecule has 0 radical (unpaired) electrons. The Labute approximate surface area is 165 Å². The minimum absolute atomic E-state index is 0.0145. The van der Waals surface area contributed by atoms with Crippen molar-refractivity contribution in [1.29, 1.82) is 0 Å². The number of hydrogen-bond acceptors (Lipinski definition) is 4. The molecule has 1 saturated heterocycles. The van der Waals surface area contributed by atoms with Gasteiger partial charge in [0.1, 0.15) is 5.75 Å². The highest BCUT2D eigenvalue weighted by Gasteiger charge is 2.25. The van der Waals surface area contributed by atoms with Gasteiger partial charge in [-0.05, 0) is 50.2 Å². The number of carbonyl (C=O) groups is 2. The molecule has 0 bridgehead atoms. The van der Waals surface area contributed by atoms with Gasteiger partial charge in [0.15, 0.2) is 0 Å². The zero-order chi connectivity index (χ0) is 19.8. The lowest BCUT2D eigenvalue weighted by atomic mass is 9.95. The van der Waals surface area contributed by atoms with Crippen LogP contribution in [0.5, 0.6) is 5.75 Å². The molecule has 28 heavy (non-hydrogen) atoms. The van der Waals surface area contributed by atoms with Crippen molar-refractivity contribution >= 4 is 23.2 Å². The van der Waals surface area contributed by atoms with Crippen LogP contribution in [-0.2, 0) is 9.59 Å². The fourth-order valence-corrected chi connectivity index (χ4v) is 3.41. The van der Waals surface area contributed by atoms with Crippen LogP contribution in [0.15, 0.2) is 54.6 Å². The summed E-state index contributed by atoms with van der Waals surface area (Å²) >= 11 is 0. The summed E-state index contributed by atoms with van der Waals surface area (Å²) in [6, 6.07) is 16.9. The molecule has 1 heterocycles. The van der Waals surface area contributed by atoms with Crippen molar-refractivity contribution in [2.24, 2.45) is 5.92 Å². The van der Waals surface area contributed by atoms with Crippen molar-refractivity contribution in [3.05, 3.63) is 54.6 Å². The van der Waals surface area contributed by atoms with Gasteiger partial charge in [-0.3, -0.25) is 9.59 Å². The highest BCUT2D eigenvalue weighted by molar-refractivity contribution is 5.94. The minimum atomic E-state index is -0.0145. The first kappa shape index (κ1) is 19.9. The Morgan fingerprint density at radius 1 is 1.00 bits per heavy atom. The average Bonchev–Trinajstić information content (AvgIpc) is 2.73. The van der Waals surface area contributed by atoms with Gasteiger partial charge in [0.25, 0.3) is 0 Å². The summed E-state index contributed by atoms with van der Waals surface area (Å²) in [5.74, 6) is 0.699. The zero-order valence-corrected chi connectivity index (χ0v) is 16.2. The Balaban J connectivity index is 1.40. The summed E-state index contributed by atoms with van der Waals surface area (Å²) in [6.07, 6.45) is 2.04. The van der Waals surface area contributed by atoms with Crippen LogP contribution in [0, 0.1) is 5.92 Å². The van der Waals surface area contributed by atoms with Gasteiger partial charge in [0.05, 0.1) is 12.8 Å². The Bertz CT molecular complexity index is 787. The zero-order valence-electron chi connectivity index (χ0n) is 16.2. The topological polar surface area (TPSA) is 70.7 Å². The molecule has 2 aromatic rings. The normalized spacial score (nSPS) is 15.0. The number of rotatable bonds is 7. The molecule has 3 rings (SSSR count). The maximum Gasteiger partial charge on any atom is 0.227 e. The van der Waals surface area contributed by atoms with Crippen molar-refractivity contribution in [3.63, 3.8) is 0 Å². The van der Waals surface area contributed by atoms with Crippen LogP contribution in [0.25, 0.3) is 0 Å². The summed E-state index contributed by atoms with van der Waals surface area (Å²) in [4.78, 5) is 26.9. The highest BCUT2D eigenvalue weighted by Crippen LogP contribution is 2.25. The number of carbonyl (C=O) groups excluding carboxylic acids is 2. The largest absolute Gasteiger partial charge is 0.495 e. The van der Waals surface area contributed by atoms with Gasteiger partial charge in [-0.2, -0.15) is 0 Å². The van der Waals surface area contributed by atoms with E-state index in [1.54, 1.807) is 7.11 Å². The summed E-state index contributed by atoms with van der Waals surface area (Å²) in [5.41, 5.74) is 1.52. The first-order chi connectivity index (χ1) is 13.7. The second-order valence-electron chi connectivity index (χ2n) is 6.97. The molecule has 2 amide bonds. The lowest BCUT2D eigenvalue weighted by molar-refractivity contribution is -0.121. The smallest absolute Gasteiger partial charge is 0.227 e. The van der Waals surface area contributed by atoms with Crippen molar-refractivity contribution in [3.8, 4) is 5.75 Å². The first-order valence-corrected chi connectivity index (χ1v) is 9.67. The third-order valence-electron chi connectivity index (χ3n) is 5.04. The summed E-state index contributed by atoms with van der Waals surface area (Å²) in [7, 11) is 1.59. The van der Waals surface area contributed by atoms with Crippen LogP contribution in [0.3, 0.4) is 0 Å². The Kier molecular flexibility index (Phi) is 7.03. The average molecular weight is 381 g/mol. The van der Waals surface area contributed by atoms with E-state index in [1.807, 2.05) is 54.6 Å². The van der Waals surface area contributed by atoms with Gasteiger partial charge in [-0.15, -0.1) is 0 Å². The van der Waals surface area contributed by atoms with Crippen molar-refractivity contribution < 1.29 is 14.3 Å². The number of amides is 2. The lowest BCUT2D eigenvalue weighted by Crippen LogP contribution is -2.39. The van der Waals surface area contributed by atoms with Crippen LogP contribution in [0.4, 0.5) is 11.4 Å². The van der Waals surface area contributed by atoms with E-state index in [-0.39, 0.29) is 17.7 Å². The Morgan fingerprint density at radius 3 is 2.39 bits per heavy atom. The number of nitrogens with one attached hydrogen (secondary N) is 2. The number of likely N-dealkylation sites (tertiary alicyclic amines) is 1. The Morgan fingerprint density at radius 2 is 1.68 bits per heavy atom. The van der Waals surface area contributed by atoms with E-state index in [9.17, 15) is 9.59 Å². The molecule has 2 N–H and O–H groups in total. The van der Waals surface area contributed by atoms with Crippen LogP contribution in [0.1, 0.15) is 19.3 Å². The number of anilines is 2. The minimum Gasteiger partial charge on any atom is -0.495 e. The molecule has 6 heteroatoms. The van der Waals surface area contributed by atoms with E-state index in [0.29, 0.717) is 24.4 Å². The van der Waals surface area contributed by atoms with Crippen LogP contribution in [-0.4, -0.2) is 43.5 Å². The maximum absolute atomic E-state index is 12.6. The lowest BCUT2D eigenvalue weighted by Gasteiger charge is -2.31. The quantitative estimate of drug-likeness (QED) is 0.771. The third kappa shape index (κ3) is 5.57. The summed E-state index contributed by atoms with van der Waals surface area (Å²) in [5, 5.41) is 5.88. The van der Waals surface area contributed by atoms with E-state index in [4.69, 9.17) is 4.74 Å². The van der Waals surface area contributed by atoms with Crippen molar-refractivity contribution in [2.45, 2.75) is 19.3 Å². The number of nitrogens with zero attached hydrogens (tertiary/aromatic N) is 1. The third-order valence-corrected chi connectivity index (χ3v) is 5.04. The summed E-state index contributed by atoms with van der Waals surface area (Å²) < 4.78 is 5.29. The first-order valence-electron chi connectivity index (χ1n) is 9.67. The monoisotopic (exact) mass is 381 g/mol. The van der Waals surface area contributed by atoms with E-state index in [0.717, 1.165) is 31.6 Å². The maximum atomic E-state index is 12.6. The highest BCUT2D eigenvalue weighted by atomic mass is 16.5. The number of para-hydroxylation sites is 3. The van der Waals surface area contributed by atoms with Crippen LogP contribution < -0.4 is 15.4 Å². The van der Waals surface area contributed by atoms with Crippen molar-refractivity contribution in [1.82, 2.24) is 4.90 Å². The molecule has 148 valence electrons. The number of hydrogen-bond donors (Lipinski definition) is 2. The number of benzene rings is 2. The predicted octanol–water partition coefficient (Wildman–Crippen LogP) is 3.37. The molecule has 1 fully saturated rings. The molecular weight excluding hydrogens is 354 g/mol. The SMILES string of the molecule is COc1ccccc1NC(=O)C1CCN(CCC(=O)Nc2ccccc2)CC1. The predicted molar refractivity (Wildman–Crippen MR) is 110 cm³/mol. The Hall–Kier alpha value is -2.86. The van der Waals surface area contributed by atoms with Gasteiger partial charge in [0.2, 0.25) is 11.8 Å².